The molecule has 0 bridgehead atoms. The van der Waals surface area contributed by atoms with E-state index in [4.69, 9.17) is 4.74 Å². The number of ether oxygens (including phenoxy) is 1. The maximum absolute atomic E-state index is 6.04. The number of nitrogens with zero attached hydrogens (tertiary/aromatic N) is 1. The van der Waals surface area contributed by atoms with Crippen LogP contribution in [-0.4, -0.2) is 49.3 Å². The molecule has 0 aromatic carbocycles. The van der Waals surface area contributed by atoms with Crippen molar-refractivity contribution in [2.24, 2.45) is 5.41 Å². The zero-order valence-corrected chi connectivity index (χ0v) is 13.1. The second-order valence-electron chi connectivity index (χ2n) is 6.80. The third kappa shape index (κ3) is 4.52. The Morgan fingerprint density at radius 3 is 2.50 bits per heavy atom. The predicted octanol–water partition coefficient (Wildman–Crippen LogP) is 2.51. The fraction of sp³-hybridized carbons (Fsp3) is 1.00. The minimum Gasteiger partial charge on any atom is -0.374 e. The van der Waals surface area contributed by atoms with Crippen molar-refractivity contribution in [3.8, 4) is 0 Å². The van der Waals surface area contributed by atoms with E-state index in [1.165, 1.54) is 6.42 Å². The molecule has 0 aromatic rings. The van der Waals surface area contributed by atoms with E-state index in [1.54, 1.807) is 0 Å². The summed E-state index contributed by atoms with van der Waals surface area (Å²) in [6.45, 7) is 17.7. The van der Waals surface area contributed by atoms with Crippen LogP contribution in [0.3, 0.4) is 0 Å². The Balaban J connectivity index is 2.66. The quantitative estimate of drug-likeness (QED) is 0.818. The monoisotopic (exact) mass is 256 g/mol. The Morgan fingerprint density at radius 1 is 1.33 bits per heavy atom. The van der Waals surface area contributed by atoms with Gasteiger partial charge in [-0.25, -0.2) is 0 Å². The summed E-state index contributed by atoms with van der Waals surface area (Å²) in [7, 11) is 0. The number of hydrogen-bond donors (Lipinski definition) is 1. The number of morpholine rings is 1. The van der Waals surface area contributed by atoms with Gasteiger partial charge in [0.05, 0.1) is 12.7 Å². The van der Waals surface area contributed by atoms with Crippen LogP contribution in [0.5, 0.6) is 0 Å². The first-order valence-corrected chi connectivity index (χ1v) is 7.45. The zero-order chi connectivity index (χ0) is 13.8. The summed E-state index contributed by atoms with van der Waals surface area (Å²) < 4.78 is 6.04. The van der Waals surface area contributed by atoms with Crippen molar-refractivity contribution in [1.82, 2.24) is 10.2 Å². The molecule has 1 rings (SSSR count). The molecule has 1 fully saturated rings. The van der Waals surface area contributed by atoms with E-state index in [9.17, 15) is 0 Å². The van der Waals surface area contributed by atoms with Gasteiger partial charge in [0.2, 0.25) is 0 Å². The molecule has 1 saturated heterocycles. The van der Waals surface area contributed by atoms with Crippen LogP contribution in [0.15, 0.2) is 0 Å². The van der Waals surface area contributed by atoms with E-state index in [-0.39, 0.29) is 5.41 Å². The second-order valence-corrected chi connectivity index (χ2v) is 6.80. The first-order chi connectivity index (χ1) is 8.36. The lowest BCUT2D eigenvalue weighted by molar-refractivity contribution is -0.0728. The number of hydrogen-bond acceptors (Lipinski definition) is 3. The minimum absolute atomic E-state index is 0.236. The Bertz CT molecular complexity index is 235. The Labute approximate surface area is 113 Å². The zero-order valence-electron chi connectivity index (χ0n) is 13.1. The maximum atomic E-state index is 6.04. The van der Waals surface area contributed by atoms with Crippen LogP contribution in [0.2, 0.25) is 0 Å². The molecule has 2 atom stereocenters. The van der Waals surface area contributed by atoms with E-state index in [1.807, 2.05) is 0 Å². The summed E-state index contributed by atoms with van der Waals surface area (Å²) in [6, 6.07) is 1.04. The molecule has 18 heavy (non-hydrogen) atoms. The van der Waals surface area contributed by atoms with Crippen molar-refractivity contribution in [3.63, 3.8) is 0 Å². The summed E-state index contributed by atoms with van der Waals surface area (Å²) in [6.07, 6.45) is 1.49. The van der Waals surface area contributed by atoms with Gasteiger partial charge in [-0.15, -0.1) is 0 Å². The molecule has 0 aliphatic carbocycles. The van der Waals surface area contributed by atoms with Gasteiger partial charge >= 0.3 is 0 Å². The summed E-state index contributed by atoms with van der Waals surface area (Å²) in [5, 5.41) is 3.69. The first kappa shape index (κ1) is 15.9. The molecule has 3 heteroatoms. The van der Waals surface area contributed by atoms with Gasteiger partial charge < -0.3 is 10.1 Å². The number of rotatable bonds is 5. The molecule has 0 spiro atoms. The third-order valence-electron chi connectivity index (χ3n) is 3.77. The largest absolute Gasteiger partial charge is 0.374 e. The van der Waals surface area contributed by atoms with Crippen molar-refractivity contribution in [3.05, 3.63) is 0 Å². The summed E-state index contributed by atoms with van der Waals surface area (Å²) in [5.74, 6) is 0. The number of nitrogens with one attached hydrogen (secondary N) is 1. The average Bonchev–Trinajstić information content (AvgIpc) is 2.28. The van der Waals surface area contributed by atoms with Gasteiger partial charge in [-0.3, -0.25) is 4.90 Å². The Morgan fingerprint density at radius 2 is 2.00 bits per heavy atom. The smallest absolute Gasteiger partial charge is 0.0860 e. The van der Waals surface area contributed by atoms with Crippen molar-refractivity contribution in [2.45, 2.75) is 66.2 Å². The van der Waals surface area contributed by atoms with Crippen molar-refractivity contribution >= 4 is 0 Å². The highest BCUT2D eigenvalue weighted by Gasteiger charge is 2.35. The van der Waals surface area contributed by atoms with Gasteiger partial charge in [-0.1, -0.05) is 27.7 Å². The lowest BCUT2D eigenvalue weighted by atomic mass is 9.82. The molecule has 0 saturated carbocycles. The fourth-order valence-electron chi connectivity index (χ4n) is 2.66. The molecule has 1 aliphatic heterocycles. The molecular formula is C15H32N2O. The van der Waals surface area contributed by atoms with Gasteiger partial charge in [0.25, 0.3) is 0 Å². The first-order valence-electron chi connectivity index (χ1n) is 7.45. The lowest BCUT2D eigenvalue weighted by Crippen LogP contribution is -2.58. The predicted molar refractivity (Wildman–Crippen MR) is 78.0 cm³/mol. The van der Waals surface area contributed by atoms with E-state index >= 15 is 0 Å². The van der Waals surface area contributed by atoms with Crippen LogP contribution < -0.4 is 5.32 Å². The van der Waals surface area contributed by atoms with Crippen molar-refractivity contribution < 1.29 is 4.74 Å². The molecule has 108 valence electrons. The van der Waals surface area contributed by atoms with E-state index in [2.05, 4.69) is 51.8 Å². The molecule has 1 N–H and O–H groups in total. The van der Waals surface area contributed by atoms with Crippen LogP contribution in [0, 0.1) is 5.41 Å². The van der Waals surface area contributed by atoms with Gasteiger partial charge in [0.1, 0.15) is 0 Å². The fourth-order valence-corrected chi connectivity index (χ4v) is 2.66. The van der Waals surface area contributed by atoms with Crippen LogP contribution in [0.1, 0.15) is 48.0 Å². The topological polar surface area (TPSA) is 24.5 Å². The van der Waals surface area contributed by atoms with Crippen molar-refractivity contribution in [2.75, 3.05) is 26.2 Å². The molecular weight excluding hydrogens is 224 g/mol. The third-order valence-corrected chi connectivity index (χ3v) is 3.77. The molecule has 0 amide bonds. The molecule has 1 aliphatic rings. The normalized spacial score (nSPS) is 24.5. The van der Waals surface area contributed by atoms with Crippen LogP contribution in [0.4, 0.5) is 0 Å². The van der Waals surface area contributed by atoms with Crippen LogP contribution in [-0.2, 0) is 4.74 Å². The lowest BCUT2D eigenvalue weighted by Gasteiger charge is -2.43. The summed E-state index contributed by atoms with van der Waals surface area (Å²) in [5.41, 5.74) is 0.236. The minimum atomic E-state index is 0.236. The van der Waals surface area contributed by atoms with Gasteiger partial charge in [-0.2, -0.15) is 0 Å². The highest BCUT2D eigenvalue weighted by molar-refractivity contribution is 4.91. The summed E-state index contributed by atoms with van der Waals surface area (Å²) in [4.78, 5) is 2.53. The maximum Gasteiger partial charge on any atom is 0.0860 e. The molecule has 1 heterocycles. The van der Waals surface area contributed by atoms with E-state index in [0.29, 0.717) is 18.2 Å². The van der Waals surface area contributed by atoms with Gasteiger partial charge in [0, 0.05) is 25.2 Å². The van der Waals surface area contributed by atoms with E-state index < -0.39 is 0 Å². The highest BCUT2D eigenvalue weighted by Crippen LogP contribution is 2.26. The molecule has 3 nitrogen and oxygen atoms in total. The van der Waals surface area contributed by atoms with Crippen molar-refractivity contribution in [1.29, 1.82) is 0 Å². The Kier molecular flexibility index (Phi) is 6.09. The van der Waals surface area contributed by atoms with Crippen LogP contribution in [0.25, 0.3) is 0 Å². The van der Waals surface area contributed by atoms with E-state index in [0.717, 1.165) is 26.2 Å². The second kappa shape index (κ2) is 6.88. The SMILES string of the molecule is CCCNC(C1CN(C(C)C)CCO1)C(C)(C)C. The molecule has 2 unspecified atom stereocenters. The average molecular weight is 256 g/mol. The molecule has 0 radical (unpaired) electrons. The van der Waals surface area contributed by atoms with Gasteiger partial charge in [0.15, 0.2) is 0 Å². The summed E-state index contributed by atoms with van der Waals surface area (Å²) >= 11 is 0. The van der Waals surface area contributed by atoms with Crippen LogP contribution >= 0.6 is 0 Å². The Hall–Kier alpha value is -0.120. The van der Waals surface area contributed by atoms with Gasteiger partial charge in [-0.05, 0) is 32.2 Å². The molecule has 0 aromatic heterocycles. The highest BCUT2D eigenvalue weighted by atomic mass is 16.5. The standard InChI is InChI=1S/C15H32N2O/c1-7-8-16-14(15(4,5)6)13-11-17(12(2)3)9-10-18-13/h12-14,16H,7-11H2,1-6H3.